The van der Waals surface area contributed by atoms with Gasteiger partial charge in [-0.15, -0.1) is 0 Å². The van der Waals surface area contributed by atoms with E-state index >= 15 is 0 Å². The second kappa shape index (κ2) is 7.81. The number of hydrogen-bond acceptors (Lipinski definition) is 4. The monoisotopic (exact) mass is 419 g/mol. The summed E-state index contributed by atoms with van der Waals surface area (Å²) in [5.74, 6) is -2.72. The molecule has 30 heavy (non-hydrogen) atoms. The average molecular weight is 419 g/mol. The number of hydrogen-bond donors (Lipinski definition) is 1. The Hall–Kier alpha value is -3.36. The average Bonchev–Trinajstić information content (AvgIpc) is 2.58. The molecule has 0 radical (unpaired) electrons. The van der Waals surface area contributed by atoms with Crippen LogP contribution < -0.4 is 10.9 Å². The third kappa shape index (κ3) is 4.45. The van der Waals surface area contributed by atoms with Crippen molar-refractivity contribution >= 4 is 17.0 Å². The van der Waals surface area contributed by atoms with Crippen molar-refractivity contribution in [3.63, 3.8) is 0 Å². The zero-order chi connectivity index (χ0) is 22.2. The number of halogens is 3. The molecule has 3 aromatic rings. The molecular weight excluding hydrogens is 399 g/mol. The van der Waals surface area contributed by atoms with Crippen LogP contribution in [-0.4, -0.2) is 21.2 Å². The molecule has 0 saturated heterocycles. The zero-order valence-electron chi connectivity index (χ0n) is 16.8. The lowest BCUT2D eigenvalue weighted by Crippen LogP contribution is -2.37. The Morgan fingerprint density at radius 3 is 2.37 bits per heavy atom. The summed E-state index contributed by atoms with van der Waals surface area (Å²) in [6, 6.07) is 5.47. The molecule has 1 N–H and O–H groups in total. The van der Waals surface area contributed by atoms with Crippen molar-refractivity contribution in [3.05, 3.63) is 70.0 Å². The Morgan fingerprint density at radius 1 is 1.13 bits per heavy atom. The first-order chi connectivity index (χ1) is 14.0. The van der Waals surface area contributed by atoms with Crippen molar-refractivity contribution in [1.82, 2.24) is 14.9 Å². The number of amides is 1. The Kier molecular flexibility index (Phi) is 5.56. The number of carbonyl (C=O) groups is 1. The van der Waals surface area contributed by atoms with Gasteiger partial charge in [-0.2, -0.15) is 0 Å². The Morgan fingerprint density at radius 2 is 1.77 bits per heavy atom. The van der Waals surface area contributed by atoms with Gasteiger partial charge in [-0.1, -0.05) is 6.07 Å². The lowest BCUT2D eigenvalue weighted by atomic mass is 10.2. The highest BCUT2D eigenvalue weighted by molar-refractivity contribution is 5.79. The lowest BCUT2D eigenvalue weighted by Gasteiger charge is -2.23. The highest BCUT2D eigenvalue weighted by Crippen LogP contribution is 2.21. The van der Waals surface area contributed by atoms with Crippen LogP contribution in [0.1, 0.15) is 39.6 Å². The van der Waals surface area contributed by atoms with Gasteiger partial charge >= 0.3 is 6.09 Å². The summed E-state index contributed by atoms with van der Waals surface area (Å²) in [6.07, 6.45) is -0.777. The van der Waals surface area contributed by atoms with E-state index in [1.807, 2.05) is 0 Å². The highest BCUT2D eigenvalue weighted by atomic mass is 19.1. The molecule has 0 fully saturated rings. The first-order valence-corrected chi connectivity index (χ1v) is 9.13. The summed E-state index contributed by atoms with van der Waals surface area (Å²) in [5, 5.41) is 2.20. The van der Waals surface area contributed by atoms with Crippen LogP contribution in [0.3, 0.4) is 0 Å². The molecule has 0 aliphatic rings. The van der Waals surface area contributed by atoms with Crippen molar-refractivity contribution < 1.29 is 22.7 Å². The molecule has 1 amide bonds. The second-order valence-electron chi connectivity index (χ2n) is 7.74. The minimum Gasteiger partial charge on any atom is -0.444 e. The minimum absolute atomic E-state index is 0.0426. The normalized spacial score (nSPS) is 12.6. The number of aromatic nitrogens is 2. The molecule has 2 aromatic carbocycles. The van der Waals surface area contributed by atoms with Gasteiger partial charge in [-0.05, 0) is 52.0 Å². The first-order valence-electron chi connectivity index (χ1n) is 9.13. The molecular formula is C21H20F3N3O3. The van der Waals surface area contributed by atoms with E-state index in [0.29, 0.717) is 6.07 Å². The zero-order valence-corrected chi connectivity index (χ0v) is 16.8. The number of carbonyl (C=O) groups excluding carboxylic acids is 1. The van der Waals surface area contributed by atoms with E-state index in [-0.39, 0.29) is 22.4 Å². The first kappa shape index (κ1) is 21.4. The van der Waals surface area contributed by atoms with Gasteiger partial charge < -0.3 is 10.1 Å². The molecule has 158 valence electrons. The van der Waals surface area contributed by atoms with Crippen LogP contribution in [-0.2, 0) is 4.74 Å². The van der Waals surface area contributed by atoms with Gasteiger partial charge in [0.25, 0.3) is 5.56 Å². The second-order valence-corrected chi connectivity index (χ2v) is 7.74. The number of ether oxygens (including phenoxy) is 1. The molecule has 1 unspecified atom stereocenters. The summed E-state index contributed by atoms with van der Waals surface area (Å²) in [6.45, 7) is 6.56. The number of benzene rings is 2. The van der Waals surface area contributed by atoms with Crippen molar-refractivity contribution in [1.29, 1.82) is 0 Å². The van der Waals surface area contributed by atoms with E-state index in [2.05, 4.69) is 10.3 Å². The predicted octanol–water partition coefficient (Wildman–Crippen LogP) is 4.39. The van der Waals surface area contributed by atoms with Crippen LogP contribution in [0.2, 0.25) is 0 Å². The van der Waals surface area contributed by atoms with E-state index in [4.69, 9.17) is 4.74 Å². The smallest absolute Gasteiger partial charge is 0.408 e. The summed E-state index contributed by atoms with van der Waals surface area (Å²) >= 11 is 0. The predicted molar refractivity (Wildman–Crippen MR) is 105 cm³/mol. The Bertz CT molecular complexity index is 1170. The number of alkyl carbamates (subject to hydrolysis) is 1. The fourth-order valence-corrected chi connectivity index (χ4v) is 2.96. The molecule has 0 aliphatic heterocycles. The number of nitrogens with one attached hydrogen (secondary N) is 1. The minimum atomic E-state index is -0.927. The van der Waals surface area contributed by atoms with Crippen LogP contribution in [0.5, 0.6) is 0 Å². The molecule has 1 heterocycles. The van der Waals surface area contributed by atoms with Crippen molar-refractivity contribution in [2.45, 2.75) is 39.3 Å². The van der Waals surface area contributed by atoms with Gasteiger partial charge in [0.15, 0.2) is 0 Å². The summed E-state index contributed by atoms with van der Waals surface area (Å²) in [7, 11) is 0. The molecule has 0 bridgehead atoms. The van der Waals surface area contributed by atoms with Gasteiger partial charge in [-0.25, -0.2) is 22.9 Å². The van der Waals surface area contributed by atoms with Gasteiger partial charge in [0, 0.05) is 6.07 Å². The number of rotatable bonds is 3. The van der Waals surface area contributed by atoms with Gasteiger partial charge in [0.1, 0.15) is 34.3 Å². The fourth-order valence-electron chi connectivity index (χ4n) is 2.96. The molecule has 6 nitrogen and oxygen atoms in total. The van der Waals surface area contributed by atoms with E-state index in [0.717, 1.165) is 22.8 Å². The van der Waals surface area contributed by atoms with Gasteiger partial charge in [0.05, 0.1) is 17.2 Å². The Balaban J connectivity index is 2.22. The van der Waals surface area contributed by atoms with Crippen LogP contribution >= 0.6 is 0 Å². The topological polar surface area (TPSA) is 73.2 Å². The van der Waals surface area contributed by atoms with E-state index in [9.17, 15) is 22.8 Å². The third-order valence-electron chi connectivity index (χ3n) is 4.10. The standard InChI is InChI=1S/C21H20F3N3O3/c1-11(25-20(29)30-21(2,3)4)18-26-16-7-5-6-15(24)17(16)19(28)27(18)14-9-12(22)8-13(23)10-14/h5-11H,1-4H3,(H,25,29). The Labute approximate surface area is 170 Å². The molecule has 1 atom stereocenters. The SMILES string of the molecule is CC(NC(=O)OC(C)(C)C)c1nc2cccc(F)c2c(=O)n1-c1cc(F)cc(F)c1. The fraction of sp³-hybridized carbons (Fsp3) is 0.286. The maximum atomic E-state index is 14.3. The lowest BCUT2D eigenvalue weighted by molar-refractivity contribution is 0.0505. The highest BCUT2D eigenvalue weighted by Gasteiger charge is 2.24. The molecule has 9 heteroatoms. The van der Waals surface area contributed by atoms with Crippen molar-refractivity contribution in [2.75, 3.05) is 0 Å². The molecule has 0 aliphatic carbocycles. The summed E-state index contributed by atoms with van der Waals surface area (Å²) < 4.78 is 48.1. The number of fused-ring (bicyclic) bond motifs is 1. The van der Waals surface area contributed by atoms with Crippen molar-refractivity contribution in [2.24, 2.45) is 0 Å². The maximum Gasteiger partial charge on any atom is 0.408 e. The maximum absolute atomic E-state index is 14.3. The van der Waals surface area contributed by atoms with Crippen LogP contribution in [0.25, 0.3) is 16.6 Å². The van der Waals surface area contributed by atoms with Crippen molar-refractivity contribution in [3.8, 4) is 5.69 Å². The molecule has 0 spiro atoms. The third-order valence-corrected chi connectivity index (χ3v) is 4.10. The van der Waals surface area contributed by atoms with E-state index in [1.54, 1.807) is 20.8 Å². The summed E-state index contributed by atoms with van der Waals surface area (Å²) in [4.78, 5) is 29.6. The summed E-state index contributed by atoms with van der Waals surface area (Å²) in [5.41, 5.74) is -1.78. The van der Waals surface area contributed by atoms with Gasteiger partial charge in [-0.3, -0.25) is 9.36 Å². The van der Waals surface area contributed by atoms with E-state index in [1.165, 1.54) is 19.1 Å². The largest absolute Gasteiger partial charge is 0.444 e. The molecule has 3 rings (SSSR count). The van der Waals surface area contributed by atoms with Crippen LogP contribution in [0.4, 0.5) is 18.0 Å². The number of nitrogens with zero attached hydrogens (tertiary/aromatic N) is 2. The molecule has 0 saturated carbocycles. The molecule has 1 aromatic heterocycles. The van der Waals surface area contributed by atoms with Gasteiger partial charge in [0.2, 0.25) is 0 Å². The van der Waals surface area contributed by atoms with Crippen LogP contribution in [0.15, 0.2) is 41.2 Å². The van der Waals surface area contributed by atoms with Crippen LogP contribution in [0, 0.1) is 17.5 Å². The quantitative estimate of drug-likeness (QED) is 0.684. The van der Waals surface area contributed by atoms with E-state index < -0.39 is 40.7 Å².